The van der Waals surface area contributed by atoms with Gasteiger partial charge in [0, 0.05) is 9.50 Å². The number of rotatable bonds is 2. The van der Waals surface area contributed by atoms with Gasteiger partial charge in [-0.1, -0.05) is 27.5 Å². The van der Waals surface area contributed by atoms with Crippen molar-refractivity contribution >= 4 is 38.9 Å². The van der Waals surface area contributed by atoms with E-state index in [1.54, 1.807) is 12.1 Å². The molecule has 0 radical (unpaired) electrons. The van der Waals surface area contributed by atoms with E-state index in [2.05, 4.69) is 26.2 Å². The van der Waals surface area contributed by atoms with Crippen molar-refractivity contribution in [3.63, 3.8) is 0 Å². The Bertz CT molecular complexity index is 444. The molecule has 2 nitrogen and oxygen atoms in total. The van der Waals surface area contributed by atoms with Crippen LogP contribution >= 0.6 is 27.5 Å². The molecule has 0 aliphatic heterocycles. The normalized spacial score (nSPS) is 10.9. The summed E-state index contributed by atoms with van der Waals surface area (Å²) in [5.41, 5.74) is 1.60. The number of halogens is 2. The van der Waals surface area contributed by atoms with Crippen molar-refractivity contribution in [2.75, 3.05) is 0 Å². The second-order valence-corrected chi connectivity index (χ2v) is 4.50. The van der Waals surface area contributed by atoms with E-state index in [-0.39, 0.29) is 0 Å². The zero-order valence-corrected chi connectivity index (χ0v) is 10.6. The van der Waals surface area contributed by atoms with Gasteiger partial charge in [0.15, 0.2) is 0 Å². The number of hydrogen-bond acceptors (Lipinski definition) is 2. The molecule has 0 spiro atoms. The zero-order chi connectivity index (χ0) is 11.4. The van der Waals surface area contributed by atoms with E-state index >= 15 is 0 Å². The van der Waals surface area contributed by atoms with E-state index in [0.29, 0.717) is 5.02 Å². The van der Waals surface area contributed by atoms with Crippen molar-refractivity contribution in [2.45, 2.75) is 0 Å². The van der Waals surface area contributed by atoms with E-state index in [1.807, 2.05) is 36.4 Å². The molecule has 0 aromatic heterocycles. The molecule has 2 aromatic rings. The molecule has 4 heteroatoms. The van der Waals surface area contributed by atoms with Gasteiger partial charge < -0.3 is 0 Å². The summed E-state index contributed by atoms with van der Waals surface area (Å²) in [5, 5.41) is 8.90. The highest BCUT2D eigenvalue weighted by atomic mass is 79.9. The predicted molar refractivity (Wildman–Crippen MR) is 69.8 cm³/mol. The Balaban J connectivity index is 2.15. The van der Waals surface area contributed by atoms with Crippen LogP contribution in [0.3, 0.4) is 0 Å². The van der Waals surface area contributed by atoms with Gasteiger partial charge in [0.05, 0.1) is 11.4 Å². The SMILES string of the molecule is Clc1ccc(/N=N/c2ccc(Br)cc2)cc1. The average molecular weight is 296 g/mol. The molecule has 0 amide bonds. The molecule has 0 aliphatic rings. The summed E-state index contributed by atoms with van der Waals surface area (Å²) in [5.74, 6) is 0. The van der Waals surface area contributed by atoms with Crippen LogP contribution in [0.1, 0.15) is 0 Å². The molecule has 0 aliphatic carbocycles. The summed E-state index contributed by atoms with van der Waals surface area (Å²) >= 11 is 9.13. The number of hydrogen-bond donors (Lipinski definition) is 0. The highest BCUT2D eigenvalue weighted by Gasteiger charge is 1.91. The summed E-state index contributed by atoms with van der Waals surface area (Å²) in [6.45, 7) is 0. The van der Waals surface area contributed by atoms with Crippen molar-refractivity contribution in [3.05, 3.63) is 58.0 Å². The summed E-state index contributed by atoms with van der Waals surface area (Å²) in [6.07, 6.45) is 0. The standard InChI is InChI=1S/C12H8BrClN2/c13-9-1-5-11(6-2-9)15-16-12-7-3-10(14)4-8-12/h1-8H/b16-15+. The lowest BCUT2D eigenvalue weighted by molar-refractivity contribution is 1.23. The van der Waals surface area contributed by atoms with Crippen LogP contribution in [0.25, 0.3) is 0 Å². The van der Waals surface area contributed by atoms with Crippen LogP contribution in [0.15, 0.2) is 63.2 Å². The van der Waals surface area contributed by atoms with Crippen molar-refractivity contribution in [1.82, 2.24) is 0 Å². The lowest BCUT2D eigenvalue weighted by Crippen LogP contribution is -1.66. The molecule has 16 heavy (non-hydrogen) atoms. The van der Waals surface area contributed by atoms with Crippen LogP contribution in [-0.4, -0.2) is 0 Å². The first-order valence-electron chi connectivity index (χ1n) is 4.67. The summed E-state index contributed by atoms with van der Waals surface area (Å²) in [6, 6.07) is 14.9. The third-order valence-electron chi connectivity index (χ3n) is 1.93. The molecule has 0 unspecified atom stereocenters. The van der Waals surface area contributed by atoms with Crippen molar-refractivity contribution < 1.29 is 0 Å². The molecule has 0 atom stereocenters. The highest BCUT2D eigenvalue weighted by Crippen LogP contribution is 2.21. The summed E-state index contributed by atoms with van der Waals surface area (Å²) in [4.78, 5) is 0. The largest absolute Gasteiger partial charge is 0.151 e. The van der Waals surface area contributed by atoms with Gasteiger partial charge in [0.2, 0.25) is 0 Å². The quantitative estimate of drug-likeness (QED) is 0.652. The fourth-order valence-electron chi connectivity index (χ4n) is 1.13. The third-order valence-corrected chi connectivity index (χ3v) is 2.71. The Morgan fingerprint density at radius 2 is 1.19 bits per heavy atom. The third kappa shape index (κ3) is 3.15. The summed E-state index contributed by atoms with van der Waals surface area (Å²) in [7, 11) is 0. The Hall–Kier alpha value is -1.19. The first-order valence-corrected chi connectivity index (χ1v) is 5.84. The van der Waals surface area contributed by atoms with Crippen LogP contribution in [0, 0.1) is 0 Å². The molecule has 0 saturated heterocycles. The van der Waals surface area contributed by atoms with Gasteiger partial charge in [0.25, 0.3) is 0 Å². The van der Waals surface area contributed by atoms with Gasteiger partial charge in [-0.05, 0) is 48.5 Å². The van der Waals surface area contributed by atoms with Crippen LogP contribution in [0.4, 0.5) is 11.4 Å². The Morgan fingerprint density at radius 3 is 1.69 bits per heavy atom. The maximum Gasteiger partial charge on any atom is 0.0858 e. The second kappa shape index (κ2) is 5.23. The van der Waals surface area contributed by atoms with E-state index < -0.39 is 0 Å². The average Bonchev–Trinajstić information content (AvgIpc) is 2.30. The monoisotopic (exact) mass is 294 g/mol. The maximum atomic E-state index is 5.77. The van der Waals surface area contributed by atoms with E-state index in [9.17, 15) is 0 Å². The second-order valence-electron chi connectivity index (χ2n) is 3.15. The Labute approximate surface area is 107 Å². The summed E-state index contributed by atoms with van der Waals surface area (Å²) < 4.78 is 1.03. The molecule has 0 fully saturated rings. The first-order chi connectivity index (χ1) is 7.74. The Kier molecular flexibility index (Phi) is 3.70. The lowest BCUT2D eigenvalue weighted by Gasteiger charge is -1.94. The Morgan fingerprint density at radius 1 is 0.750 bits per heavy atom. The van der Waals surface area contributed by atoms with Crippen molar-refractivity contribution in [3.8, 4) is 0 Å². The molecule has 0 bridgehead atoms. The van der Waals surface area contributed by atoms with Crippen LogP contribution in [0.2, 0.25) is 5.02 Å². The van der Waals surface area contributed by atoms with Crippen molar-refractivity contribution in [2.24, 2.45) is 10.2 Å². The zero-order valence-electron chi connectivity index (χ0n) is 8.27. The van der Waals surface area contributed by atoms with Gasteiger partial charge >= 0.3 is 0 Å². The van der Waals surface area contributed by atoms with Crippen LogP contribution < -0.4 is 0 Å². The van der Waals surface area contributed by atoms with Crippen molar-refractivity contribution in [1.29, 1.82) is 0 Å². The van der Waals surface area contributed by atoms with Gasteiger partial charge in [-0.3, -0.25) is 0 Å². The molecule has 80 valence electrons. The van der Waals surface area contributed by atoms with E-state index in [1.165, 1.54) is 0 Å². The molecule has 0 saturated carbocycles. The minimum Gasteiger partial charge on any atom is -0.151 e. The number of azo groups is 1. The molecule has 2 rings (SSSR count). The molecular formula is C12H8BrClN2. The highest BCUT2D eigenvalue weighted by molar-refractivity contribution is 9.10. The van der Waals surface area contributed by atoms with E-state index in [0.717, 1.165) is 15.8 Å². The van der Waals surface area contributed by atoms with Gasteiger partial charge in [-0.15, -0.1) is 0 Å². The maximum absolute atomic E-state index is 5.77. The topological polar surface area (TPSA) is 24.7 Å². The van der Waals surface area contributed by atoms with Crippen LogP contribution in [-0.2, 0) is 0 Å². The molecule has 0 heterocycles. The lowest BCUT2D eigenvalue weighted by atomic mass is 10.3. The molecule has 2 aromatic carbocycles. The molecule has 0 N–H and O–H groups in total. The smallest absolute Gasteiger partial charge is 0.0858 e. The fraction of sp³-hybridized carbons (Fsp3) is 0. The number of nitrogens with zero attached hydrogens (tertiary/aromatic N) is 2. The first kappa shape index (κ1) is 11.3. The van der Waals surface area contributed by atoms with Crippen LogP contribution in [0.5, 0.6) is 0 Å². The van der Waals surface area contributed by atoms with Gasteiger partial charge in [-0.2, -0.15) is 10.2 Å². The predicted octanol–water partition coefficient (Wildman–Crippen LogP) is 5.52. The van der Waals surface area contributed by atoms with Gasteiger partial charge in [0.1, 0.15) is 0 Å². The van der Waals surface area contributed by atoms with E-state index in [4.69, 9.17) is 11.6 Å². The van der Waals surface area contributed by atoms with Gasteiger partial charge in [-0.25, -0.2) is 0 Å². The fourth-order valence-corrected chi connectivity index (χ4v) is 1.52. The minimum absolute atomic E-state index is 0.697. The minimum atomic E-state index is 0.697. The molecular weight excluding hydrogens is 288 g/mol. The number of benzene rings is 2.